The Hall–Kier alpha value is -2.35. The first-order valence-electron chi connectivity index (χ1n) is 10.2. The van der Waals surface area contributed by atoms with Crippen molar-refractivity contribution in [1.29, 1.82) is 0 Å². The van der Waals surface area contributed by atoms with Gasteiger partial charge in [-0.05, 0) is 38.3 Å². The maximum atomic E-state index is 13.0. The predicted molar refractivity (Wildman–Crippen MR) is 124 cm³/mol. The second-order valence-electron chi connectivity index (χ2n) is 7.67. The minimum Gasteiger partial charge on any atom is -0.337 e. The van der Waals surface area contributed by atoms with Gasteiger partial charge in [0.25, 0.3) is 5.91 Å². The van der Waals surface area contributed by atoms with Crippen molar-refractivity contribution in [2.45, 2.75) is 24.8 Å². The van der Waals surface area contributed by atoms with E-state index < -0.39 is 0 Å². The molecule has 31 heavy (non-hydrogen) atoms. The number of piperazine rings is 1. The fourth-order valence-corrected chi connectivity index (χ4v) is 4.30. The van der Waals surface area contributed by atoms with Crippen molar-refractivity contribution in [3.05, 3.63) is 64.5 Å². The highest BCUT2D eigenvalue weighted by atomic mass is 35.5. The minimum atomic E-state index is -0.0210. The van der Waals surface area contributed by atoms with Gasteiger partial charge in [0.1, 0.15) is 0 Å². The Balaban J connectivity index is 1.40. The predicted octanol–water partition coefficient (Wildman–Crippen LogP) is 4.94. The van der Waals surface area contributed by atoms with Crippen molar-refractivity contribution in [2.75, 3.05) is 32.4 Å². The zero-order valence-electron chi connectivity index (χ0n) is 17.8. The summed E-state index contributed by atoms with van der Waals surface area (Å²) in [5, 5.41) is 4.64. The molecular formula is C23H25ClN4O2S. The van der Waals surface area contributed by atoms with Gasteiger partial charge in [-0.15, -0.1) is 11.8 Å². The molecule has 1 aliphatic heterocycles. The van der Waals surface area contributed by atoms with E-state index in [0.717, 1.165) is 23.5 Å². The summed E-state index contributed by atoms with van der Waals surface area (Å²) >= 11 is 7.89. The number of benzene rings is 2. The number of aromatic nitrogens is 2. The molecule has 162 valence electrons. The number of halogens is 1. The average Bonchev–Trinajstić information content (AvgIpc) is 3.29. The monoisotopic (exact) mass is 456 g/mol. The van der Waals surface area contributed by atoms with Crippen LogP contribution in [0.1, 0.15) is 34.8 Å². The van der Waals surface area contributed by atoms with Crippen LogP contribution in [0.15, 0.2) is 51.9 Å². The third-order valence-corrected chi connectivity index (χ3v) is 6.72. The number of nitrogens with zero attached hydrogens (tertiary/aromatic N) is 4. The molecule has 1 amide bonds. The third kappa shape index (κ3) is 4.79. The van der Waals surface area contributed by atoms with Crippen molar-refractivity contribution in [2.24, 2.45) is 0 Å². The minimum absolute atomic E-state index is 0.0207. The first-order chi connectivity index (χ1) is 15.0. The van der Waals surface area contributed by atoms with E-state index in [1.165, 1.54) is 5.56 Å². The van der Waals surface area contributed by atoms with Crippen LogP contribution in [-0.4, -0.2) is 58.3 Å². The van der Waals surface area contributed by atoms with Gasteiger partial charge in [0, 0.05) is 36.6 Å². The highest BCUT2D eigenvalue weighted by molar-refractivity contribution is 7.98. The molecule has 0 radical (unpaired) electrons. The Labute approximate surface area is 191 Å². The van der Waals surface area contributed by atoms with E-state index in [4.69, 9.17) is 16.1 Å². The van der Waals surface area contributed by atoms with Gasteiger partial charge in [0.2, 0.25) is 11.7 Å². The molecule has 6 nitrogen and oxygen atoms in total. The summed E-state index contributed by atoms with van der Waals surface area (Å²) in [6.07, 6.45) is 1.99. The average molecular weight is 457 g/mol. The van der Waals surface area contributed by atoms with Crippen LogP contribution in [0.25, 0.3) is 11.4 Å². The molecule has 0 bridgehead atoms. The van der Waals surface area contributed by atoms with Crippen LogP contribution in [0.5, 0.6) is 0 Å². The lowest BCUT2D eigenvalue weighted by Crippen LogP contribution is -2.49. The topological polar surface area (TPSA) is 62.5 Å². The number of thioether (sulfide) groups is 1. The summed E-state index contributed by atoms with van der Waals surface area (Å²) in [5.41, 5.74) is 2.69. The van der Waals surface area contributed by atoms with E-state index >= 15 is 0 Å². The van der Waals surface area contributed by atoms with Crippen LogP contribution in [-0.2, 0) is 0 Å². The van der Waals surface area contributed by atoms with E-state index in [1.54, 1.807) is 17.8 Å². The van der Waals surface area contributed by atoms with Gasteiger partial charge in [-0.3, -0.25) is 9.69 Å². The van der Waals surface area contributed by atoms with Crippen molar-refractivity contribution in [1.82, 2.24) is 19.9 Å². The molecule has 1 aromatic heterocycles. The Morgan fingerprint density at radius 3 is 2.52 bits per heavy atom. The smallest absolute Gasteiger partial charge is 0.255 e. The number of hydrogen-bond acceptors (Lipinski definition) is 6. The van der Waals surface area contributed by atoms with Crippen LogP contribution in [0.2, 0.25) is 5.02 Å². The molecule has 0 spiro atoms. The van der Waals surface area contributed by atoms with E-state index in [1.807, 2.05) is 54.5 Å². The maximum Gasteiger partial charge on any atom is 0.255 e. The molecule has 1 saturated heterocycles. The zero-order chi connectivity index (χ0) is 22.0. The SMILES string of the molecule is CSc1ccc(Cl)c(C(=O)N2CCN(C(C)c3nc(-c4ccc(C)cc4)no3)CC2)c1. The zero-order valence-corrected chi connectivity index (χ0v) is 19.4. The molecule has 3 aromatic rings. The molecule has 0 saturated carbocycles. The number of aryl methyl sites for hydroxylation is 1. The first kappa shape index (κ1) is 21.9. The Morgan fingerprint density at radius 2 is 1.84 bits per heavy atom. The van der Waals surface area contributed by atoms with Crippen LogP contribution in [0.4, 0.5) is 0 Å². The largest absolute Gasteiger partial charge is 0.337 e. The van der Waals surface area contributed by atoms with Crippen LogP contribution in [0, 0.1) is 6.92 Å². The van der Waals surface area contributed by atoms with Gasteiger partial charge < -0.3 is 9.42 Å². The molecule has 1 atom stereocenters. The van der Waals surface area contributed by atoms with E-state index in [-0.39, 0.29) is 11.9 Å². The summed E-state index contributed by atoms with van der Waals surface area (Å²) < 4.78 is 5.55. The quantitative estimate of drug-likeness (QED) is 0.507. The Kier molecular flexibility index (Phi) is 6.65. The number of amides is 1. The molecule has 2 heterocycles. The van der Waals surface area contributed by atoms with E-state index in [0.29, 0.717) is 35.4 Å². The summed E-state index contributed by atoms with van der Waals surface area (Å²) in [7, 11) is 0. The van der Waals surface area contributed by atoms with Crippen molar-refractivity contribution in [3.8, 4) is 11.4 Å². The summed E-state index contributed by atoms with van der Waals surface area (Å²) in [6.45, 7) is 6.82. The van der Waals surface area contributed by atoms with E-state index in [2.05, 4.69) is 22.0 Å². The van der Waals surface area contributed by atoms with Gasteiger partial charge in [0.15, 0.2) is 0 Å². The lowest BCUT2D eigenvalue weighted by molar-refractivity contribution is 0.0551. The van der Waals surface area contributed by atoms with Gasteiger partial charge in [-0.25, -0.2) is 0 Å². The van der Waals surface area contributed by atoms with Gasteiger partial charge in [-0.2, -0.15) is 4.98 Å². The summed E-state index contributed by atoms with van der Waals surface area (Å²) in [4.78, 5) is 22.7. The fourth-order valence-electron chi connectivity index (χ4n) is 3.66. The first-order valence-corrected chi connectivity index (χ1v) is 11.8. The lowest BCUT2D eigenvalue weighted by atomic mass is 10.1. The van der Waals surface area contributed by atoms with E-state index in [9.17, 15) is 4.79 Å². The van der Waals surface area contributed by atoms with Crippen molar-refractivity contribution in [3.63, 3.8) is 0 Å². The van der Waals surface area contributed by atoms with Crippen LogP contribution in [0.3, 0.4) is 0 Å². The molecule has 1 aliphatic rings. The molecule has 8 heteroatoms. The molecule has 0 aliphatic carbocycles. The number of rotatable bonds is 5. The standard InChI is InChI=1S/C23H25ClN4O2S/c1-15-4-6-17(7-5-15)21-25-22(30-26-21)16(2)27-10-12-28(13-11-27)23(29)19-14-18(31-3)8-9-20(19)24/h4-9,14,16H,10-13H2,1-3H3. The molecular weight excluding hydrogens is 432 g/mol. The molecule has 1 fully saturated rings. The molecule has 0 N–H and O–H groups in total. The fraction of sp³-hybridized carbons (Fsp3) is 0.348. The second-order valence-corrected chi connectivity index (χ2v) is 8.96. The van der Waals surface area contributed by atoms with Gasteiger partial charge in [-0.1, -0.05) is 46.6 Å². The van der Waals surface area contributed by atoms with Crippen LogP contribution < -0.4 is 0 Å². The lowest BCUT2D eigenvalue weighted by Gasteiger charge is -2.37. The summed E-state index contributed by atoms with van der Waals surface area (Å²) in [5.74, 6) is 1.16. The van der Waals surface area contributed by atoms with Gasteiger partial charge in [0.05, 0.1) is 16.6 Å². The highest BCUT2D eigenvalue weighted by Crippen LogP contribution is 2.27. The summed E-state index contributed by atoms with van der Waals surface area (Å²) in [6, 6.07) is 13.6. The Bertz CT molecular complexity index is 1060. The van der Waals surface area contributed by atoms with Crippen LogP contribution >= 0.6 is 23.4 Å². The van der Waals surface area contributed by atoms with Crippen molar-refractivity contribution >= 4 is 29.3 Å². The molecule has 2 aromatic carbocycles. The highest BCUT2D eigenvalue weighted by Gasteiger charge is 2.29. The molecule has 1 unspecified atom stereocenters. The maximum absolute atomic E-state index is 13.0. The number of hydrogen-bond donors (Lipinski definition) is 0. The Morgan fingerprint density at radius 1 is 1.13 bits per heavy atom. The second kappa shape index (κ2) is 9.42. The van der Waals surface area contributed by atoms with Crippen molar-refractivity contribution < 1.29 is 9.32 Å². The number of carbonyl (C=O) groups is 1. The third-order valence-electron chi connectivity index (χ3n) is 5.66. The number of carbonyl (C=O) groups excluding carboxylic acids is 1. The van der Waals surface area contributed by atoms with Gasteiger partial charge >= 0.3 is 0 Å². The molecule has 4 rings (SSSR count). The normalized spacial score (nSPS) is 15.8.